The van der Waals surface area contributed by atoms with Crippen molar-refractivity contribution >= 4 is 29.8 Å². The zero-order valence-corrected chi connectivity index (χ0v) is 12.4. The molecular weight excluding hydrogens is 280 g/mol. The van der Waals surface area contributed by atoms with E-state index in [1.54, 1.807) is 24.2 Å². The van der Waals surface area contributed by atoms with Gasteiger partial charge >= 0.3 is 0 Å². The number of rotatable bonds is 5. The minimum absolute atomic E-state index is 0.110. The van der Waals surface area contributed by atoms with Crippen molar-refractivity contribution in [1.82, 2.24) is 9.55 Å². The molecule has 5 heteroatoms. The van der Waals surface area contributed by atoms with Crippen LogP contribution in [0.25, 0.3) is 0 Å². The second-order valence-corrected chi connectivity index (χ2v) is 6.19. The summed E-state index contributed by atoms with van der Waals surface area (Å²) in [4.78, 5) is 16.4. The normalized spacial score (nSPS) is 12.6. The topological polar surface area (TPSA) is 34.9 Å². The van der Waals surface area contributed by atoms with Gasteiger partial charge in [0.1, 0.15) is 5.82 Å². The van der Waals surface area contributed by atoms with Gasteiger partial charge < -0.3 is 0 Å². The van der Waals surface area contributed by atoms with Crippen LogP contribution < -0.4 is 0 Å². The maximum Gasteiger partial charge on any atom is 0.219 e. The standard InChI is InChI=1S/C14H15ClN2OS/c1-10(2)13(14-16-6-7-17(14)9-18)19-12-5-3-4-11(15)8-12/h3-10,13H,1-2H3. The van der Waals surface area contributed by atoms with Crippen LogP contribution >= 0.6 is 23.4 Å². The lowest BCUT2D eigenvalue weighted by Gasteiger charge is -2.19. The highest BCUT2D eigenvalue weighted by atomic mass is 35.5. The van der Waals surface area contributed by atoms with Gasteiger partial charge in [-0.05, 0) is 24.1 Å². The molecule has 0 spiro atoms. The predicted molar refractivity (Wildman–Crippen MR) is 79.3 cm³/mol. The van der Waals surface area contributed by atoms with Crippen LogP contribution in [0.5, 0.6) is 0 Å². The van der Waals surface area contributed by atoms with Crippen LogP contribution in [0.4, 0.5) is 0 Å². The number of carbonyl (C=O) groups is 1. The Morgan fingerprint density at radius 3 is 2.84 bits per heavy atom. The number of hydrogen-bond acceptors (Lipinski definition) is 3. The van der Waals surface area contributed by atoms with Gasteiger partial charge in [-0.15, -0.1) is 11.8 Å². The highest BCUT2D eigenvalue weighted by Crippen LogP contribution is 2.40. The minimum atomic E-state index is 0.110. The minimum Gasteiger partial charge on any atom is -0.278 e. The van der Waals surface area contributed by atoms with Crippen LogP contribution in [0, 0.1) is 5.92 Å². The third kappa shape index (κ3) is 3.39. The maximum absolute atomic E-state index is 11.0. The number of hydrogen-bond donors (Lipinski definition) is 0. The fourth-order valence-electron chi connectivity index (χ4n) is 1.81. The molecule has 0 saturated carbocycles. The highest BCUT2D eigenvalue weighted by Gasteiger charge is 2.22. The van der Waals surface area contributed by atoms with E-state index in [-0.39, 0.29) is 5.25 Å². The third-order valence-corrected chi connectivity index (χ3v) is 4.50. The summed E-state index contributed by atoms with van der Waals surface area (Å²) in [5.74, 6) is 1.13. The number of thioether (sulfide) groups is 1. The maximum atomic E-state index is 11.0. The largest absolute Gasteiger partial charge is 0.278 e. The van der Waals surface area contributed by atoms with Crippen LogP contribution in [0.15, 0.2) is 41.6 Å². The Labute approximate surface area is 122 Å². The number of nitrogens with zero attached hydrogens (tertiary/aromatic N) is 2. The number of benzene rings is 1. The molecule has 0 bridgehead atoms. The number of halogens is 1. The summed E-state index contributed by atoms with van der Waals surface area (Å²) < 4.78 is 1.53. The molecule has 0 amide bonds. The van der Waals surface area contributed by atoms with Crippen LogP contribution in [0.2, 0.25) is 5.02 Å². The molecule has 1 heterocycles. The monoisotopic (exact) mass is 294 g/mol. The van der Waals surface area contributed by atoms with Crippen molar-refractivity contribution in [2.75, 3.05) is 0 Å². The molecular formula is C14H15ClN2OS. The zero-order chi connectivity index (χ0) is 13.8. The van der Waals surface area contributed by atoms with E-state index in [0.717, 1.165) is 17.1 Å². The van der Waals surface area contributed by atoms with E-state index >= 15 is 0 Å². The van der Waals surface area contributed by atoms with Gasteiger partial charge in [0.05, 0.1) is 5.25 Å². The molecule has 1 atom stereocenters. The van der Waals surface area contributed by atoms with Crippen molar-refractivity contribution in [3.8, 4) is 0 Å². The lowest BCUT2D eigenvalue weighted by Crippen LogP contribution is -2.10. The van der Waals surface area contributed by atoms with Gasteiger partial charge in [0, 0.05) is 22.3 Å². The van der Waals surface area contributed by atoms with Gasteiger partial charge in [-0.2, -0.15) is 0 Å². The smallest absolute Gasteiger partial charge is 0.219 e. The molecule has 3 nitrogen and oxygen atoms in total. The zero-order valence-electron chi connectivity index (χ0n) is 10.8. The third-order valence-electron chi connectivity index (χ3n) is 2.73. The molecule has 0 aliphatic heterocycles. The second kappa shape index (κ2) is 6.26. The van der Waals surface area contributed by atoms with E-state index < -0.39 is 0 Å². The molecule has 0 N–H and O–H groups in total. The predicted octanol–water partition coefficient (Wildman–Crippen LogP) is 4.06. The van der Waals surface area contributed by atoms with Crippen LogP contribution in [0.1, 0.15) is 24.9 Å². The first kappa shape index (κ1) is 14.2. The van der Waals surface area contributed by atoms with Crippen LogP contribution in [0.3, 0.4) is 0 Å². The lowest BCUT2D eigenvalue weighted by atomic mass is 10.1. The van der Waals surface area contributed by atoms with E-state index in [0.29, 0.717) is 10.9 Å². The van der Waals surface area contributed by atoms with E-state index in [1.807, 2.05) is 24.3 Å². The van der Waals surface area contributed by atoms with E-state index in [2.05, 4.69) is 18.8 Å². The highest BCUT2D eigenvalue weighted by molar-refractivity contribution is 7.99. The Kier molecular flexibility index (Phi) is 4.66. The number of carbonyl (C=O) groups excluding carboxylic acids is 1. The summed E-state index contributed by atoms with van der Waals surface area (Å²) in [6.45, 7) is 4.23. The Morgan fingerprint density at radius 1 is 1.42 bits per heavy atom. The van der Waals surface area contributed by atoms with Gasteiger partial charge in [-0.3, -0.25) is 9.36 Å². The Morgan fingerprint density at radius 2 is 2.21 bits per heavy atom. The fourth-order valence-corrected chi connectivity index (χ4v) is 3.27. The van der Waals surface area contributed by atoms with Gasteiger partial charge in [-0.25, -0.2) is 4.98 Å². The van der Waals surface area contributed by atoms with Gasteiger partial charge in [0.25, 0.3) is 0 Å². The lowest BCUT2D eigenvalue weighted by molar-refractivity contribution is 0.538. The second-order valence-electron chi connectivity index (χ2n) is 4.54. The average Bonchev–Trinajstić information content (AvgIpc) is 2.83. The molecule has 1 aromatic carbocycles. The molecule has 0 saturated heterocycles. The Hall–Kier alpha value is -1.26. The van der Waals surface area contributed by atoms with Crippen molar-refractivity contribution in [2.45, 2.75) is 24.0 Å². The van der Waals surface area contributed by atoms with Gasteiger partial charge in [-0.1, -0.05) is 31.5 Å². The molecule has 2 rings (SSSR count). The van der Waals surface area contributed by atoms with E-state index in [1.165, 1.54) is 4.57 Å². The summed E-state index contributed by atoms with van der Waals surface area (Å²) in [6, 6.07) is 7.71. The molecule has 0 aliphatic rings. The van der Waals surface area contributed by atoms with Crippen molar-refractivity contribution in [1.29, 1.82) is 0 Å². The first-order chi connectivity index (χ1) is 9.11. The molecule has 0 fully saturated rings. The molecule has 1 unspecified atom stereocenters. The summed E-state index contributed by atoms with van der Waals surface area (Å²) in [7, 11) is 0. The number of imidazole rings is 1. The summed E-state index contributed by atoms with van der Waals surface area (Å²) in [5, 5.41) is 0.824. The molecule has 19 heavy (non-hydrogen) atoms. The van der Waals surface area contributed by atoms with E-state index in [4.69, 9.17) is 11.6 Å². The Bertz CT molecular complexity index is 568. The van der Waals surface area contributed by atoms with Crippen molar-refractivity contribution < 1.29 is 4.79 Å². The molecule has 0 radical (unpaired) electrons. The van der Waals surface area contributed by atoms with Gasteiger partial charge in [0.2, 0.25) is 6.41 Å². The molecule has 1 aromatic heterocycles. The first-order valence-corrected chi connectivity index (χ1v) is 7.28. The summed E-state index contributed by atoms with van der Waals surface area (Å²) >= 11 is 7.67. The summed E-state index contributed by atoms with van der Waals surface area (Å²) in [5.41, 5.74) is 0. The van der Waals surface area contributed by atoms with Crippen LogP contribution in [-0.4, -0.2) is 16.0 Å². The fraction of sp³-hybridized carbons (Fsp3) is 0.286. The Balaban J connectivity index is 2.29. The van der Waals surface area contributed by atoms with Crippen molar-refractivity contribution in [2.24, 2.45) is 5.92 Å². The first-order valence-electron chi connectivity index (χ1n) is 6.02. The number of aromatic nitrogens is 2. The van der Waals surface area contributed by atoms with Crippen LogP contribution in [-0.2, 0) is 4.79 Å². The SMILES string of the molecule is CC(C)C(Sc1cccc(Cl)c1)c1nccn1C=O. The molecule has 0 aliphatic carbocycles. The summed E-state index contributed by atoms with van der Waals surface area (Å²) in [6.07, 6.45) is 4.12. The molecule has 100 valence electrons. The average molecular weight is 295 g/mol. The molecule has 2 aromatic rings. The quantitative estimate of drug-likeness (QED) is 0.616. The van der Waals surface area contributed by atoms with Crippen molar-refractivity contribution in [3.05, 3.63) is 47.5 Å². The van der Waals surface area contributed by atoms with Crippen molar-refractivity contribution in [3.63, 3.8) is 0 Å². The van der Waals surface area contributed by atoms with Gasteiger partial charge in [0.15, 0.2) is 0 Å². The van der Waals surface area contributed by atoms with E-state index in [9.17, 15) is 4.79 Å².